The van der Waals surface area contributed by atoms with Crippen LogP contribution in [0.15, 0.2) is 0 Å². The van der Waals surface area contributed by atoms with E-state index in [2.05, 4.69) is 37.4 Å². The molecule has 0 radical (unpaired) electrons. The maximum absolute atomic E-state index is 5.91. The average molecular weight is 467 g/mol. The van der Waals surface area contributed by atoms with Crippen LogP contribution in [0.1, 0.15) is 44.9 Å². The number of unbranched alkanes of at least 4 members (excludes halogenated alkanes) is 4. The highest BCUT2D eigenvalue weighted by Gasteiger charge is 2.38. The Labute approximate surface area is 185 Å². The van der Waals surface area contributed by atoms with Gasteiger partial charge in [-0.3, -0.25) is 0 Å². The molecular weight excluding hydrogens is 416 g/mol. The number of nitrogens with zero attached hydrogens (tertiary/aromatic N) is 1. The van der Waals surface area contributed by atoms with Crippen LogP contribution in [0.5, 0.6) is 0 Å². The first-order chi connectivity index (χ1) is 13.8. The molecule has 0 aliphatic heterocycles. The van der Waals surface area contributed by atoms with E-state index in [0.29, 0.717) is 5.16 Å². The van der Waals surface area contributed by atoms with Crippen LogP contribution < -0.4 is 5.32 Å². The second-order valence-corrected chi connectivity index (χ2v) is 18.8. The van der Waals surface area contributed by atoms with Crippen LogP contribution in [-0.4, -0.2) is 93.3 Å². The van der Waals surface area contributed by atoms with Gasteiger partial charge in [-0.1, -0.05) is 32.1 Å². The Bertz CT molecular complexity index is 385. The molecule has 0 amide bonds. The molecule has 0 saturated carbocycles. The normalized spacial score (nSPS) is 14.4. The molecule has 0 aromatic rings. The smallest absolute Gasteiger partial charge is 0.334 e. The van der Waals surface area contributed by atoms with E-state index < -0.39 is 17.1 Å². The zero-order chi connectivity index (χ0) is 22.2. The highest BCUT2D eigenvalue weighted by molar-refractivity contribution is 6.77. The van der Waals surface area contributed by atoms with Crippen LogP contribution in [0, 0.1) is 0 Å². The van der Waals surface area contributed by atoms with Crippen molar-refractivity contribution in [2.24, 2.45) is 0 Å². The summed E-state index contributed by atoms with van der Waals surface area (Å²) in [5, 5.41) is 4.34. The Morgan fingerprint density at radius 1 is 0.828 bits per heavy atom. The third kappa shape index (κ3) is 13.4. The minimum Gasteiger partial charge on any atom is -0.398 e. The van der Waals surface area contributed by atoms with Crippen molar-refractivity contribution < 1.29 is 17.7 Å². The molecule has 6 nitrogen and oxygen atoms in total. The van der Waals surface area contributed by atoms with E-state index in [-0.39, 0.29) is 9.52 Å². The number of hydrogen-bond donors (Lipinski definition) is 1. The molecule has 0 aliphatic carbocycles. The summed E-state index contributed by atoms with van der Waals surface area (Å²) in [6.07, 6.45) is 10.2. The molecule has 9 heteroatoms. The minimum atomic E-state index is -2.05. The summed E-state index contributed by atoms with van der Waals surface area (Å²) in [4.78, 5) is 2.27. The highest BCUT2D eigenvalue weighted by Crippen LogP contribution is 2.28. The molecule has 176 valence electrons. The lowest BCUT2D eigenvalue weighted by Crippen LogP contribution is -2.46. The summed E-state index contributed by atoms with van der Waals surface area (Å²) in [7, 11) is 7.27. The van der Waals surface area contributed by atoms with Gasteiger partial charge in [0.25, 0.3) is 0 Å². The van der Waals surface area contributed by atoms with Crippen molar-refractivity contribution in [3.8, 4) is 0 Å². The molecule has 0 aromatic heterocycles. The first-order valence-electron chi connectivity index (χ1n) is 11.3. The first-order valence-corrected chi connectivity index (χ1v) is 18.1. The lowest BCUT2D eigenvalue weighted by atomic mass is 10.1. The van der Waals surface area contributed by atoms with E-state index in [9.17, 15) is 0 Å². The van der Waals surface area contributed by atoms with E-state index >= 15 is 0 Å². The monoisotopic (exact) mass is 466 g/mol. The van der Waals surface area contributed by atoms with Gasteiger partial charge in [0.2, 0.25) is 0 Å². The fraction of sp³-hybridized carbons (Fsp3) is 1.00. The van der Waals surface area contributed by atoms with Crippen molar-refractivity contribution in [2.75, 3.05) is 61.8 Å². The fourth-order valence-corrected chi connectivity index (χ4v) is 11.5. The third-order valence-corrected chi connectivity index (χ3v) is 17.4. The molecule has 1 unspecified atom stereocenters. The number of rotatable bonds is 20. The van der Waals surface area contributed by atoms with Gasteiger partial charge in [0.05, 0.1) is 0 Å². The van der Waals surface area contributed by atoms with Crippen molar-refractivity contribution >= 4 is 26.6 Å². The Kier molecular flexibility index (Phi) is 17.3. The van der Waals surface area contributed by atoms with E-state index in [1.807, 2.05) is 14.2 Å². The van der Waals surface area contributed by atoms with Gasteiger partial charge in [0.15, 0.2) is 0 Å². The zero-order valence-electron chi connectivity index (χ0n) is 20.6. The third-order valence-electron chi connectivity index (χ3n) is 6.23. The quantitative estimate of drug-likeness (QED) is 0.220. The van der Waals surface area contributed by atoms with E-state index in [0.717, 1.165) is 25.2 Å². The SMILES string of the molecule is CO[Si](C)(CCCNC[SiH2]C(CCCCCCCN(C)C)[Si](C)(OC)OC)OC. The van der Waals surface area contributed by atoms with Crippen molar-refractivity contribution in [2.45, 2.75) is 69.2 Å². The van der Waals surface area contributed by atoms with E-state index in [4.69, 9.17) is 17.7 Å². The largest absolute Gasteiger partial charge is 0.398 e. The Hall–Kier alpha value is 0.411. The Morgan fingerprint density at radius 3 is 1.97 bits per heavy atom. The Morgan fingerprint density at radius 2 is 1.41 bits per heavy atom. The summed E-state index contributed by atoms with van der Waals surface area (Å²) in [6, 6.07) is 1.04. The standard InChI is InChI=1S/C20H50N2O4Si3/c1-22(2)17-13-11-9-10-12-15-20(29(8,25-5)26-6)27-19-21-16-14-18-28(7,23-3)24-4/h20-21H,9-19,27H2,1-8H3. The molecule has 0 rings (SSSR count). The minimum absolute atomic E-state index is 0.285. The molecule has 0 spiro atoms. The molecular formula is C20H50N2O4Si3. The maximum Gasteiger partial charge on any atom is 0.334 e. The van der Waals surface area contributed by atoms with Gasteiger partial charge in [0.1, 0.15) is 0 Å². The summed E-state index contributed by atoms with van der Waals surface area (Å²) in [5.74, 6) is 0. The van der Waals surface area contributed by atoms with Gasteiger partial charge in [-0.2, -0.15) is 0 Å². The summed E-state index contributed by atoms with van der Waals surface area (Å²) >= 11 is 0. The molecule has 0 heterocycles. The van der Waals surface area contributed by atoms with E-state index in [1.165, 1.54) is 45.1 Å². The van der Waals surface area contributed by atoms with Gasteiger partial charge < -0.3 is 27.9 Å². The highest BCUT2D eigenvalue weighted by atomic mass is 28.4. The average Bonchev–Trinajstić information content (AvgIpc) is 2.72. The predicted molar refractivity (Wildman–Crippen MR) is 132 cm³/mol. The summed E-state index contributed by atoms with van der Waals surface area (Å²) < 4.78 is 23.0. The molecule has 0 bridgehead atoms. The van der Waals surface area contributed by atoms with E-state index in [1.54, 1.807) is 14.2 Å². The van der Waals surface area contributed by atoms with Crippen LogP contribution in [0.4, 0.5) is 0 Å². The van der Waals surface area contributed by atoms with Gasteiger partial charge in [-0.05, 0) is 70.5 Å². The van der Waals surface area contributed by atoms with Gasteiger partial charge in [-0.15, -0.1) is 0 Å². The van der Waals surface area contributed by atoms with Crippen molar-refractivity contribution in [3.63, 3.8) is 0 Å². The number of hydrogen-bond acceptors (Lipinski definition) is 6. The van der Waals surface area contributed by atoms with Crippen molar-refractivity contribution in [3.05, 3.63) is 0 Å². The van der Waals surface area contributed by atoms with Crippen LogP contribution in [0.25, 0.3) is 0 Å². The van der Waals surface area contributed by atoms with Gasteiger partial charge in [-0.25, -0.2) is 0 Å². The molecule has 0 fully saturated rings. The molecule has 0 saturated heterocycles. The topological polar surface area (TPSA) is 52.2 Å². The van der Waals surface area contributed by atoms with Gasteiger partial charge >= 0.3 is 17.1 Å². The fourth-order valence-electron chi connectivity index (χ4n) is 3.66. The first kappa shape index (κ1) is 29.4. The zero-order valence-corrected chi connectivity index (χ0v) is 24.1. The molecule has 0 aliphatic rings. The summed E-state index contributed by atoms with van der Waals surface area (Å²) in [5.41, 5.74) is 0. The summed E-state index contributed by atoms with van der Waals surface area (Å²) in [6.45, 7) is 6.62. The van der Waals surface area contributed by atoms with Crippen molar-refractivity contribution in [1.29, 1.82) is 0 Å². The molecule has 1 atom stereocenters. The van der Waals surface area contributed by atoms with Gasteiger partial charge in [0, 0.05) is 38.0 Å². The van der Waals surface area contributed by atoms with Crippen LogP contribution in [0.3, 0.4) is 0 Å². The lowest BCUT2D eigenvalue weighted by molar-refractivity contribution is 0.243. The van der Waals surface area contributed by atoms with Crippen molar-refractivity contribution in [1.82, 2.24) is 10.2 Å². The Balaban J connectivity index is 4.20. The molecule has 29 heavy (non-hydrogen) atoms. The van der Waals surface area contributed by atoms with Crippen LogP contribution >= 0.6 is 0 Å². The van der Waals surface area contributed by atoms with Crippen LogP contribution in [-0.2, 0) is 17.7 Å². The molecule has 1 N–H and O–H groups in total. The molecule has 0 aromatic carbocycles. The van der Waals surface area contributed by atoms with Crippen LogP contribution in [0.2, 0.25) is 24.3 Å². The lowest BCUT2D eigenvalue weighted by Gasteiger charge is -2.32. The predicted octanol–water partition coefficient (Wildman–Crippen LogP) is 3.05. The second kappa shape index (κ2) is 17.0. The number of nitrogens with one attached hydrogen (secondary N) is 1. The maximum atomic E-state index is 5.91. The second-order valence-electron chi connectivity index (χ2n) is 8.67.